The molecule has 2 aromatic rings. The number of aryl methyl sites for hydroxylation is 1. The monoisotopic (exact) mass is 270 g/mol. The van der Waals surface area contributed by atoms with E-state index in [0.29, 0.717) is 0 Å². The summed E-state index contributed by atoms with van der Waals surface area (Å²) in [5.74, 6) is 0.767. The number of nitrogens with zero attached hydrogens (tertiary/aromatic N) is 3. The normalized spacial score (nSPS) is 19.3. The maximum absolute atomic E-state index is 6.13. The SMILES string of the molecule is CC1CCCN(c2ccc(N)c(-c3cnn(C)c3)c2)C1. The third-order valence-corrected chi connectivity index (χ3v) is 4.07. The lowest BCUT2D eigenvalue weighted by Crippen LogP contribution is -2.34. The van der Waals surface area contributed by atoms with Crippen molar-refractivity contribution >= 4 is 11.4 Å². The molecule has 1 saturated heterocycles. The van der Waals surface area contributed by atoms with E-state index in [1.165, 1.54) is 18.5 Å². The molecular weight excluding hydrogens is 248 g/mol. The summed E-state index contributed by atoms with van der Waals surface area (Å²) >= 11 is 0. The first kappa shape index (κ1) is 13.0. The first-order chi connectivity index (χ1) is 9.63. The zero-order valence-electron chi connectivity index (χ0n) is 12.2. The molecule has 4 heteroatoms. The molecule has 1 atom stereocenters. The Labute approximate surface area is 120 Å². The summed E-state index contributed by atoms with van der Waals surface area (Å²) in [6.45, 7) is 4.60. The molecule has 1 unspecified atom stereocenters. The van der Waals surface area contributed by atoms with Gasteiger partial charge >= 0.3 is 0 Å². The summed E-state index contributed by atoms with van der Waals surface area (Å²) in [5, 5.41) is 4.24. The number of hydrogen-bond donors (Lipinski definition) is 1. The largest absolute Gasteiger partial charge is 0.398 e. The van der Waals surface area contributed by atoms with Crippen molar-refractivity contribution in [1.82, 2.24) is 9.78 Å². The van der Waals surface area contributed by atoms with Crippen molar-refractivity contribution in [2.75, 3.05) is 23.7 Å². The van der Waals surface area contributed by atoms with Gasteiger partial charge in [-0.3, -0.25) is 4.68 Å². The van der Waals surface area contributed by atoms with E-state index in [9.17, 15) is 0 Å². The minimum atomic E-state index is 0.767. The fourth-order valence-corrected chi connectivity index (χ4v) is 2.98. The van der Waals surface area contributed by atoms with Gasteiger partial charge in [-0.05, 0) is 37.0 Å². The third-order valence-electron chi connectivity index (χ3n) is 4.07. The van der Waals surface area contributed by atoms with E-state index in [-0.39, 0.29) is 0 Å². The number of rotatable bonds is 2. The van der Waals surface area contributed by atoms with Crippen molar-refractivity contribution in [2.45, 2.75) is 19.8 Å². The molecule has 0 radical (unpaired) electrons. The molecule has 0 aliphatic carbocycles. The molecule has 2 heterocycles. The number of aromatic nitrogens is 2. The molecule has 1 aliphatic rings. The van der Waals surface area contributed by atoms with Crippen molar-refractivity contribution < 1.29 is 0 Å². The molecule has 1 fully saturated rings. The Balaban J connectivity index is 1.94. The van der Waals surface area contributed by atoms with Gasteiger partial charge in [0.1, 0.15) is 0 Å². The number of anilines is 2. The Morgan fingerprint density at radius 3 is 2.90 bits per heavy atom. The summed E-state index contributed by atoms with van der Waals surface area (Å²) in [6, 6.07) is 6.34. The van der Waals surface area contributed by atoms with Gasteiger partial charge in [-0.15, -0.1) is 0 Å². The maximum atomic E-state index is 6.13. The highest BCUT2D eigenvalue weighted by atomic mass is 15.2. The highest BCUT2D eigenvalue weighted by Crippen LogP contribution is 2.31. The van der Waals surface area contributed by atoms with Crippen molar-refractivity contribution in [1.29, 1.82) is 0 Å². The minimum Gasteiger partial charge on any atom is -0.398 e. The molecule has 0 bridgehead atoms. The first-order valence-corrected chi connectivity index (χ1v) is 7.27. The molecule has 2 N–H and O–H groups in total. The van der Waals surface area contributed by atoms with Gasteiger partial charge in [0.2, 0.25) is 0 Å². The molecule has 1 aliphatic heterocycles. The van der Waals surface area contributed by atoms with E-state index in [1.54, 1.807) is 0 Å². The summed E-state index contributed by atoms with van der Waals surface area (Å²) < 4.78 is 1.81. The third kappa shape index (κ3) is 2.50. The van der Waals surface area contributed by atoms with Crippen molar-refractivity contribution in [3.8, 4) is 11.1 Å². The predicted octanol–water partition coefficient (Wildman–Crippen LogP) is 2.91. The highest BCUT2D eigenvalue weighted by Gasteiger charge is 2.17. The fourth-order valence-electron chi connectivity index (χ4n) is 2.98. The molecule has 4 nitrogen and oxygen atoms in total. The van der Waals surface area contributed by atoms with Crippen LogP contribution < -0.4 is 10.6 Å². The molecule has 1 aromatic heterocycles. The van der Waals surface area contributed by atoms with Gasteiger partial charge < -0.3 is 10.6 Å². The zero-order chi connectivity index (χ0) is 14.1. The van der Waals surface area contributed by atoms with Crippen LogP contribution in [0.25, 0.3) is 11.1 Å². The second-order valence-electron chi connectivity index (χ2n) is 5.87. The van der Waals surface area contributed by atoms with Gasteiger partial charge in [0, 0.05) is 48.8 Å². The van der Waals surface area contributed by atoms with E-state index in [4.69, 9.17) is 5.73 Å². The number of nitrogen functional groups attached to an aromatic ring is 1. The van der Waals surface area contributed by atoms with Crippen molar-refractivity contribution in [3.05, 3.63) is 30.6 Å². The standard InChI is InChI=1S/C16H22N4/c1-12-4-3-7-20(10-12)14-5-6-16(17)15(8-14)13-9-18-19(2)11-13/h5-6,8-9,11-12H,3-4,7,10,17H2,1-2H3. The second kappa shape index (κ2) is 5.19. The van der Waals surface area contributed by atoms with Gasteiger partial charge in [0.15, 0.2) is 0 Å². The van der Waals surface area contributed by atoms with Crippen LogP contribution in [0.4, 0.5) is 11.4 Å². The Bertz CT molecular complexity index is 602. The number of piperidine rings is 1. The fraction of sp³-hybridized carbons (Fsp3) is 0.438. The zero-order valence-corrected chi connectivity index (χ0v) is 12.2. The first-order valence-electron chi connectivity index (χ1n) is 7.27. The topological polar surface area (TPSA) is 47.1 Å². The Morgan fingerprint density at radius 2 is 2.20 bits per heavy atom. The van der Waals surface area contributed by atoms with Gasteiger partial charge in [-0.2, -0.15) is 5.10 Å². The molecule has 1 aromatic carbocycles. The number of benzene rings is 1. The molecule has 0 saturated carbocycles. The van der Waals surface area contributed by atoms with Crippen LogP contribution in [-0.2, 0) is 7.05 Å². The Hall–Kier alpha value is -1.97. The van der Waals surface area contributed by atoms with Crippen LogP contribution in [0.1, 0.15) is 19.8 Å². The quantitative estimate of drug-likeness (QED) is 0.854. The van der Waals surface area contributed by atoms with E-state index >= 15 is 0 Å². The molecule has 3 rings (SSSR count). The van der Waals surface area contributed by atoms with Gasteiger partial charge in [0.05, 0.1) is 6.20 Å². The number of nitrogens with two attached hydrogens (primary N) is 1. The second-order valence-corrected chi connectivity index (χ2v) is 5.87. The van der Waals surface area contributed by atoms with E-state index in [1.807, 2.05) is 30.2 Å². The molecule has 106 valence electrons. The van der Waals surface area contributed by atoms with Crippen LogP contribution in [0, 0.1) is 5.92 Å². The molecule has 0 amide bonds. The van der Waals surface area contributed by atoms with Crippen molar-refractivity contribution in [2.24, 2.45) is 13.0 Å². The van der Waals surface area contributed by atoms with Crippen LogP contribution in [0.5, 0.6) is 0 Å². The van der Waals surface area contributed by atoms with E-state index < -0.39 is 0 Å². The Kier molecular flexibility index (Phi) is 3.38. The molecule has 0 spiro atoms. The lowest BCUT2D eigenvalue weighted by Gasteiger charge is -2.33. The molecular formula is C16H22N4. The van der Waals surface area contributed by atoms with E-state index in [0.717, 1.165) is 35.8 Å². The smallest absolute Gasteiger partial charge is 0.0568 e. The van der Waals surface area contributed by atoms with Gasteiger partial charge in [-0.25, -0.2) is 0 Å². The van der Waals surface area contributed by atoms with Crippen LogP contribution in [-0.4, -0.2) is 22.9 Å². The van der Waals surface area contributed by atoms with Crippen LogP contribution in [0.15, 0.2) is 30.6 Å². The summed E-state index contributed by atoms with van der Waals surface area (Å²) in [5.41, 5.74) is 10.4. The number of hydrogen-bond acceptors (Lipinski definition) is 3. The summed E-state index contributed by atoms with van der Waals surface area (Å²) in [7, 11) is 1.93. The summed E-state index contributed by atoms with van der Waals surface area (Å²) in [6.07, 6.45) is 6.48. The van der Waals surface area contributed by atoms with E-state index in [2.05, 4.69) is 29.1 Å². The highest BCUT2D eigenvalue weighted by molar-refractivity contribution is 5.79. The van der Waals surface area contributed by atoms with Crippen LogP contribution in [0.2, 0.25) is 0 Å². The minimum absolute atomic E-state index is 0.767. The van der Waals surface area contributed by atoms with Gasteiger partial charge in [-0.1, -0.05) is 6.92 Å². The predicted molar refractivity (Wildman–Crippen MR) is 83.7 cm³/mol. The van der Waals surface area contributed by atoms with Crippen molar-refractivity contribution in [3.63, 3.8) is 0 Å². The maximum Gasteiger partial charge on any atom is 0.0568 e. The molecule has 20 heavy (non-hydrogen) atoms. The Morgan fingerprint density at radius 1 is 1.35 bits per heavy atom. The lowest BCUT2D eigenvalue weighted by molar-refractivity contribution is 0.447. The summed E-state index contributed by atoms with van der Waals surface area (Å²) in [4.78, 5) is 2.47. The van der Waals surface area contributed by atoms with Gasteiger partial charge in [0.25, 0.3) is 0 Å². The van der Waals surface area contributed by atoms with Crippen LogP contribution >= 0.6 is 0 Å². The van der Waals surface area contributed by atoms with Crippen LogP contribution in [0.3, 0.4) is 0 Å². The lowest BCUT2D eigenvalue weighted by atomic mass is 9.99. The average Bonchev–Trinajstić information content (AvgIpc) is 2.86. The average molecular weight is 270 g/mol.